The first-order chi connectivity index (χ1) is 9.53. The molecule has 0 fully saturated rings. The molecule has 4 nitrogen and oxygen atoms in total. The highest BCUT2D eigenvalue weighted by Crippen LogP contribution is 2.24. The summed E-state index contributed by atoms with van der Waals surface area (Å²) < 4.78 is 27.6. The van der Waals surface area contributed by atoms with E-state index in [1.54, 1.807) is 12.1 Å². The molecule has 0 radical (unpaired) electrons. The third kappa shape index (κ3) is 3.67. The number of rotatable bonds is 6. The summed E-state index contributed by atoms with van der Waals surface area (Å²) in [6.45, 7) is 1.79. The van der Waals surface area contributed by atoms with Crippen LogP contribution in [0.4, 0.5) is 0 Å². The maximum atomic E-state index is 12.3. The Balaban J connectivity index is 2.24. The molecule has 1 heterocycles. The van der Waals surface area contributed by atoms with Crippen molar-refractivity contribution in [3.63, 3.8) is 0 Å². The summed E-state index contributed by atoms with van der Waals surface area (Å²) in [6.07, 6.45) is 0.341. The number of thiophene rings is 1. The monoisotopic (exact) mass is 311 g/mol. The minimum Gasteiger partial charge on any atom is -0.396 e. The second-order valence-corrected chi connectivity index (χ2v) is 7.69. The van der Waals surface area contributed by atoms with Crippen LogP contribution < -0.4 is 4.72 Å². The number of hydrogen-bond donors (Lipinski definition) is 2. The van der Waals surface area contributed by atoms with E-state index in [0.717, 1.165) is 10.4 Å². The number of aryl methyl sites for hydroxylation is 1. The number of hydrogen-bond acceptors (Lipinski definition) is 4. The number of aliphatic hydroxyl groups excluding tert-OH is 1. The topological polar surface area (TPSA) is 66.4 Å². The Labute approximate surface area is 123 Å². The molecule has 1 aromatic heterocycles. The molecule has 2 N–H and O–H groups in total. The minimum absolute atomic E-state index is 0.0778. The van der Waals surface area contributed by atoms with E-state index in [2.05, 4.69) is 4.72 Å². The van der Waals surface area contributed by atoms with Gasteiger partial charge in [0.25, 0.3) is 10.0 Å². The number of sulfonamides is 1. The van der Waals surface area contributed by atoms with Crippen LogP contribution in [0.5, 0.6) is 0 Å². The van der Waals surface area contributed by atoms with E-state index in [0.29, 0.717) is 10.6 Å². The van der Waals surface area contributed by atoms with Crippen LogP contribution in [0.1, 0.15) is 22.9 Å². The molecular formula is C14H17NO3S2. The van der Waals surface area contributed by atoms with Gasteiger partial charge in [-0.05, 0) is 31.0 Å². The van der Waals surface area contributed by atoms with Gasteiger partial charge in [0.2, 0.25) is 0 Å². The molecule has 0 aliphatic rings. The molecule has 2 rings (SSSR count). The molecule has 0 saturated carbocycles. The van der Waals surface area contributed by atoms with Crippen molar-refractivity contribution in [2.45, 2.75) is 23.6 Å². The van der Waals surface area contributed by atoms with Crippen molar-refractivity contribution in [2.75, 3.05) is 6.61 Å². The number of aliphatic hydroxyl groups is 1. The van der Waals surface area contributed by atoms with Gasteiger partial charge in [0.05, 0.1) is 0 Å². The minimum atomic E-state index is -3.55. The molecule has 0 bridgehead atoms. The lowest BCUT2D eigenvalue weighted by atomic mass is 10.1. The average Bonchev–Trinajstić information content (AvgIpc) is 2.87. The van der Waals surface area contributed by atoms with E-state index in [4.69, 9.17) is 5.11 Å². The fourth-order valence-corrected chi connectivity index (χ4v) is 4.47. The second-order valence-electron chi connectivity index (χ2n) is 4.46. The summed E-state index contributed by atoms with van der Waals surface area (Å²) in [6, 6.07) is 12.2. The standard InChI is InChI=1S/C14H17NO3S2/c1-11-7-8-14(19-11)20(17,18)15-13(9-10-16)12-5-3-2-4-6-12/h2-8,13,15-16H,9-10H2,1H3/t13-/m1/s1. The summed E-state index contributed by atoms with van der Waals surface area (Å²) in [5, 5.41) is 9.14. The molecule has 0 spiro atoms. The Morgan fingerprint density at radius 3 is 2.45 bits per heavy atom. The lowest BCUT2D eigenvalue weighted by molar-refractivity contribution is 0.272. The van der Waals surface area contributed by atoms with Crippen molar-refractivity contribution in [3.05, 3.63) is 52.9 Å². The zero-order valence-corrected chi connectivity index (χ0v) is 12.7. The van der Waals surface area contributed by atoms with Gasteiger partial charge in [-0.3, -0.25) is 0 Å². The van der Waals surface area contributed by atoms with Crippen LogP contribution in [0.15, 0.2) is 46.7 Å². The maximum absolute atomic E-state index is 12.3. The van der Waals surface area contributed by atoms with Crippen LogP contribution >= 0.6 is 11.3 Å². The van der Waals surface area contributed by atoms with Crippen molar-refractivity contribution in [2.24, 2.45) is 0 Å². The molecule has 0 unspecified atom stereocenters. The molecule has 108 valence electrons. The Morgan fingerprint density at radius 2 is 1.90 bits per heavy atom. The zero-order chi connectivity index (χ0) is 14.6. The first kappa shape index (κ1) is 15.2. The van der Waals surface area contributed by atoms with Crippen molar-refractivity contribution in [1.82, 2.24) is 4.72 Å². The van der Waals surface area contributed by atoms with Gasteiger partial charge in [-0.15, -0.1) is 11.3 Å². The van der Waals surface area contributed by atoms with Crippen LogP contribution in [0, 0.1) is 6.92 Å². The van der Waals surface area contributed by atoms with Gasteiger partial charge in [-0.25, -0.2) is 13.1 Å². The number of nitrogens with one attached hydrogen (secondary N) is 1. The van der Waals surface area contributed by atoms with Crippen molar-refractivity contribution in [1.29, 1.82) is 0 Å². The molecule has 0 aliphatic heterocycles. The molecule has 2 aromatic rings. The van der Waals surface area contributed by atoms with Crippen LogP contribution in [0.25, 0.3) is 0 Å². The quantitative estimate of drug-likeness (QED) is 0.861. The fourth-order valence-electron chi connectivity index (χ4n) is 1.91. The highest BCUT2D eigenvalue weighted by Gasteiger charge is 2.22. The van der Waals surface area contributed by atoms with Crippen molar-refractivity contribution >= 4 is 21.4 Å². The van der Waals surface area contributed by atoms with Crippen LogP contribution in [0.3, 0.4) is 0 Å². The SMILES string of the molecule is Cc1ccc(S(=O)(=O)N[C@H](CCO)c2ccccc2)s1. The fraction of sp³-hybridized carbons (Fsp3) is 0.286. The molecule has 1 aromatic carbocycles. The molecule has 0 saturated heterocycles. The summed E-state index contributed by atoms with van der Waals surface area (Å²) in [7, 11) is -3.55. The summed E-state index contributed by atoms with van der Waals surface area (Å²) in [4.78, 5) is 0.948. The van der Waals surface area contributed by atoms with E-state index in [-0.39, 0.29) is 6.61 Å². The summed E-state index contributed by atoms with van der Waals surface area (Å²) >= 11 is 1.24. The predicted octanol–water partition coefficient (Wildman–Crippen LogP) is 2.46. The highest BCUT2D eigenvalue weighted by atomic mass is 32.2. The highest BCUT2D eigenvalue weighted by molar-refractivity contribution is 7.91. The van der Waals surface area contributed by atoms with Gasteiger partial charge in [0, 0.05) is 17.5 Å². The predicted molar refractivity (Wildman–Crippen MR) is 80.3 cm³/mol. The van der Waals surface area contributed by atoms with Gasteiger partial charge >= 0.3 is 0 Å². The first-order valence-electron chi connectivity index (χ1n) is 6.27. The molecular weight excluding hydrogens is 294 g/mol. The smallest absolute Gasteiger partial charge is 0.250 e. The van der Waals surface area contributed by atoms with Gasteiger partial charge in [0.1, 0.15) is 4.21 Å². The van der Waals surface area contributed by atoms with Gasteiger partial charge in [-0.1, -0.05) is 30.3 Å². The van der Waals surface area contributed by atoms with Gasteiger partial charge in [-0.2, -0.15) is 0 Å². The average molecular weight is 311 g/mol. The lowest BCUT2D eigenvalue weighted by Gasteiger charge is -2.17. The third-order valence-corrected chi connectivity index (χ3v) is 5.86. The van der Waals surface area contributed by atoms with Crippen LogP contribution in [-0.4, -0.2) is 20.1 Å². The molecule has 0 aliphatic carbocycles. The number of benzene rings is 1. The van der Waals surface area contributed by atoms with E-state index < -0.39 is 16.1 Å². The normalized spacial score (nSPS) is 13.3. The Kier molecular flexibility index (Phi) is 4.93. The van der Waals surface area contributed by atoms with Crippen molar-refractivity contribution in [3.8, 4) is 0 Å². The largest absolute Gasteiger partial charge is 0.396 e. The van der Waals surface area contributed by atoms with E-state index in [1.165, 1.54) is 11.3 Å². The maximum Gasteiger partial charge on any atom is 0.250 e. The zero-order valence-electron chi connectivity index (χ0n) is 11.1. The molecule has 6 heteroatoms. The Bertz CT molecular complexity index is 650. The van der Waals surface area contributed by atoms with Gasteiger partial charge in [0.15, 0.2) is 0 Å². The van der Waals surface area contributed by atoms with E-state index in [9.17, 15) is 8.42 Å². The first-order valence-corrected chi connectivity index (χ1v) is 8.57. The third-order valence-electron chi connectivity index (χ3n) is 2.90. The molecule has 0 amide bonds. The summed E-state index contributed by atoms with van der Waals surface area (Å²) in [5.41, 5.74) is 0.846. The van der Waals surface area contributed by atoms with E-state index >= 15 is 0 Å². The van der Waals surface area contributed by atoms with Gasteiger partial charge < -0.3 is 5.11 Å². The van der Waals surface area contributed by atoms with Crippen LogP contribution in [0.2, 0.25) is 0 Å². The second kappa shape index (κ2) is 6.49. The Morgan fingerprint density at radius 1 is 1.20 bits per heavy atom. The van der Waals surface area contributed by atoms with Crippen LogP contribution in [-0.2, 0) is 10.0 Å². The molecule has 1 atom stereocenters. The van der Waals surface area contributed by atoms with E-state index in [1.807, 2.05) is 37.3 Å². The Hall–Kier alpha value is -1.21. The van der Waals surface area contributed by atoms with Crippen molar-refractivity contribution < 1.29 is 13.5 Å². The molecule has 20 heavy (non-hydrogen) atoms. The lowest BCUT2D eigenvalue weighted by Crippen LogP contribution is -2.28. The summed E-state index contributed by atoms with van der Waals surface area (Å²) in [5.74, 6) is 0.